The zero-order valence-electron chi connectivity index (χ0n) is 17.1. The smallest absolute Gasteiger partial charge is 0.218 e. The van der Waals surface area contributed by atoms with Gasteiger partial charge < -0.3 is 19.5 Å². The van der Waals surface area contributed by atoms with Gasteiger partial charge in [0.05, 0.1) is 31.4 Å². The lowest BCUT2D eigenvalue weighted by atomic mass is 10.1. The fourth-order valence-electron chi connectivity index (χ4n) is 3.51. The van der Waals surface area contributed by atoms with E-state index < -0.39 is 0 Å². The van der Waals surface area contributed by atoms with Crippen molar-refractivity contribution in [3.8, 4) is 5.88 Å². The minimum atomic E-state index is 0.0933. The third-order valence-corrected chi connectivity index (χ3v) is 5.21. The maximum Gasteiger partial charge on any atom is 0.218 e. The van der Waals surface area contributed by atoms with Gasteiger partial charge in [-0.05, 0) is 43.2 Å². The predicted octanol–water partition coefficient (Wildman–Crippen LogP) is 3.94. The van der Waals surface area contributed by atoms with Crippen molar-refractivity contribution >= 4 is 10.9 Å². The summed E-state index contributed by atoms with van der Waals surface area (Å²) >= 11 is 0. The Morgan fingerprint density at radius 2 is 1.97 bits per heavy atom. The first-order valence-electron chi connectivity index (χ1n) is 10.2. The maximum atomic E-state index is 6.18. The summed E-state index contributed by atoms with van der Waals surface area (Å²) in [5.41, 5.74) is 5.61. The van der Waals surface area contributed by atoms with E-state index in [0.717, 1.165) is 23.0 Å². The molecule has 0 saturated carbocycles. The number of nitrogens with one attached hydrogen (secondary N) is 1. The van der Waals surface area contributed by atoms with Crippen molar-refractivity contribution in [1.82, 2.24) is 10.3 Å². The quantitative estimate of drug-likeness (QED) is 0.660. The predicted molar refractivity (Wildman–Crippen MR) is 114 cm³/mol. The number of fused-ring (bicyclic) bond motifs is 1. The second kappa shape index (κ2) is 9.35. The van der Waals surface area contributed by atoms with E-state index in [2.05, 4.69) is 55.6 Å². The van der Waals surface area contributed by atoms with Crippen molar-refractivity contribution in [1.29, 1.82) is 0 Å². The van der Waals surface area contributed by atoms with Gasteiger partial charge in [-0.25, -0.2) is 4.98 Å². The van der Waals surface area contributed by atoms with Crippen LogP contribution in [-0.2, 0) is 22.6 Å². The summed E-state index contributed by atoms with van der Waals surface area (Å²) in [7, 11) is 0. The van der Waals surface area contributed by atoms with Crippen LogP contribution in [0.1, 0.15) is 22.3 Å². The van der Waals surface area contributed by atoms with Crippen molar-refractivity contribution in [2.75, 3.05) is 26.4 Å². The van der Waals surface area contributed by atoms with E-state index >= 15 is 0 Å². The molecule has 1 saturated heterocycles. The molecule has 1 fully saturated rings. The Kier molecular flexibility index (Phi) is 6.39. The molecule has 0 bridgehead atoms. The van der Waals surface area contributed by atoms with Crippen LogP contribution in [0, 0.1) is 13.8 Å². The Labute approximate surface area is 172 Å². The van der Waals surface area contributed by atoms with Gasteiger partial charge in [-0.1, -0.05) is 35.9 Å². The topological polar surface area (TPSA) is 52.6 Å². The van der Waals surface area contributed by atoms with Gasteiger partial charge in [0.25, 0.3) is 0 Å². The van der Waals surface area contributed by atoms with E-state index in [1.165, 1.54) is 16.7 Å². The van der Waals surface area contributed by atoms with Crippen LogP contribution in [0.25, 0.3) is 10.9 Å². The monoisotopic (exact) mass is 392 g/mol. The summed E-state index contributed by atoms with van der Waals surface area (Å²) in [6.07, 6.45) is 0.0933. The van der Waals surface area contributed by atoms with Gasteiger partial charge in [0.2, 0.25) is 5.88 Å². The number of pyridine rings is 1. The molecule has 5 nitrogen and oxygen atoms in total. The lowest BCUT2D eigenvalue weighted by Crippen LogP contribution is -2.37. The van der Waals surface area contributed by atoms with Crippen molar-refractivity contribution < 1.29 is 14.2 Å². The summed E-state index contributed by atoms with van der Waals surface area (Å²) in [4.78, 5) is 4.81. The zero-order valence-corrected chi connectivity index (χ0v) is 17.1. The molecule has 4 rings (SSSR count). The SMILES string of the molecule is Cc1ccc2nc(OCc3ccccc3C)c(CNCC3COCCO3)cc2c1. The summed E-state index contributed by atoms with van der Waals surface area (Å²) in [6.45, 7) is 8.09. The molecule has 152 valence electrons. The molecule has 1 unspecified atom stereocenters. The average molecular weight is 392 g/mol. The van der Waals surface area contributed by atoms with Gasteiger partial charge in [-0.2, -0.15) is 0 Å². The minimum Gasteiger partial charge on any atom is -0.473 e. The molecule has 2 aromatic carbocycles. The number of ether oxygens (including phenoxy) is 3. The minimum absolute atomic E-state index is 0.0933. The fraction of sp³-hybridized carbons (Fsp3) is 0.375. The van der Waals surface area contributed by atoms with Crippen molar-refractivity contribution in [3.63, 3.8) is 0 Å². The first kappa shape index (κ1) is 19.8. The second-order valence-electron chi connectivity index (χ2n) is 7.56. The van der Waals surface area contributed by atoms with Crippen LogP contribution < -0.4 is 10.1 Å². The average Bonchev–Trinajstić information content (AvgIpc) is 2.74. The van der Waals surface area contributed by atoms with E-state index in [0.29, 0.717) is 38.9 Å². The fourth-order valence-corrected chi connectivity index (χ4v) is 3.51. The van der Waals surface area contributed by atoms with E-state index in [1.54, 1.807) is 0 Å². The number of aromatic nitrogens is 1. The maximum absolute atomic E-state index is 6.18. The molecule has 3 aromatic rings. The Bertz CT molecular complexity index is 967. The number of rotatable bonds is 7. The first-order valence-corrected chi connectivity index (χ1v) is 10.2. The number of hydrogen-bond acceptors (Lipinski definition) is 5. The van der Waals surface area contributed by atoms with Crippen LogP contribution in [0.3, 0.4) is 0 Å². The van der Waals surface area contributed by atoms with Gasteiger partial charge in [-0.15, -0.1) is 0 Å². The van der Waals surface area contributed by atoms with Crippen LogP contribution in [-0.4, -0.2) is 37.5 Å². The lowest BCUT2D eigenvalue weighted by Gasteiger charge is -2.23. The Morgan fingerprint density at radius 3 is 2.79 bits per heavy atom. The molecule has 5 heteroatoms. The molecular formula is C24H28N2O3. The molecule has 1 N–H and O–H groups in total. The van der Waals surface area contributed by atoms with Crippen LogP contribution >= 0.6 is 0 Å². The van der Waals surface area contributed by atoms with Gasteiger partial charge in [-0.3, -0.25) is 0 Å². The molecule has 1 atom stereocenters. The van der Waals surface area contributed by atoms with Crippen LogP contribution in [0.5, 0.6) is 5.88 Å². The van der Waals surface area contributed by atoms with Gasteiger partial charge in [0.1, 0.15) is 6.61 Å². The first-order chi connectivity index (χ1) is 14.2. The molecule has 2 heterocycles. The third-order valence-electron chi connectivity index (χ3n) is 5.21. The normalized spacial score (nSPS) is 16.8. The number of nitrogens with zero attached hydrogens (tertiary/aromatic N) is 1. The summed E-state index contributed by atoms with van der Waals surface area (Å²) in [5, 5.41) is 4.60. The summed E-state index contributed by atoms with van der Waals surface area (Å²) in [5.74, 6) is 0.679. The highest BCUT2D eigenvalue weighted by Crippen LogP contribution is 2.24. The summed E-state index contributed by atoms with van der Waals surface area (Å²) < 4.78 is 17.4. The zero-order chi connectivity index (χ0) is 20.1. The highest BCUT2D eigenvalue weighted by atomic mass is 16.6. The molecule has 0 spiro atoms. The number of hydrogen-bond donors (Lipinski definition) is 1. The molecule has 1 aliphatic heterocycles. The van der Waals surface area contributed by atoms with Gasteiger partial charge >= 0.3 is 0 Å². The van der Waals surface area contributed by atoms with E-state index in [-0.39, 0.29) is 6.10 Å². The van der Waals surface area contributed by atoms with E-state index in [4.69, 9.17) is 19.2 Å². The van der Waals surface area contributed by atoms with E-state index in [1.807, 2.05) is 12.1 Å². The van der Waals surface area contributed by atoms with Crippen molar-refractivity contribution in [2.24, 2.45) is 0 Å². The lowest BCUT2D eigenvalue weighted by molar-refractivity contribution is -0.0864. The van der Waals surface area contributed by atoms with Crippen molar-refractivity contribution in [2.45, 2.75) is 33.1 Å². The molecular weight excluding hydrogens is 364 g/mol. The van der Waals surface area contributed by atoms with Crippen LogP contribution in [0.15, 0.2) is 48.5 Å². The van der Waals surface area contributed by atoms with Gasteiger partial charge in [0, 0.05) is 24.0 Å². The highest BCUT2D eigenvalue weighted by Gasteiger charge is 2.15. The summed E-state index contributed by atoms with van der Waals surface area (Å²) in [6, 6.07) is 16.7. The molecule has 0 aliphatic carbocycles. The Morgan fingerprint density at radius 1 is 1.07 bits per heavy atom. The number of benzene rings is 2. The largest absolute Gasteiger partial charge is 0.473 e. The Hall–Kier alpha value is -2.47. The van der Waals surface area contributed by atoms with Crippen LogP contribution in [0.4, 0.5) is 0 Å². The number of aryl methyl sites for hydroxylation is 2. The molecule has 1 aliphatic rings. The Balaban J connectivity index is 1.52. The molecule has 0 amide bonds. The molecule has 1 aromatic heterocycles. The standard InChI is InChI=1S/C24H28N2O3/c1-17-7-8-23-20(11-17)12-21(13-25-14-22-16-27-9-10-28-22)24(26-23)29-15-19-6-4-3-5-18(19)2/h3-8,11-12,22,25H,9-10,13-16H2,1-2H3. The second-order valence-corrected chi connectivity index (χ2v) is 7.56. The third kappa shape index (κ3) is 5.12. The molecule has 29 heavy (non-hydrogen) atoms. The van der Waals surface area contributed by atoms with E-state index in [9.17, 15) is 0 Å². The van der Waals surface area contributed by atoms with Crippen molar-refractivity contribution in [3.05, 3.63) is 70.8 Å². The van der Waals surface area contributed by atoms with Gasteiger partial charge in [0.15, 0.2) is 0 Å². The molecule has 0 radical (unpaired) electrons. The van der Waals surface area contributed by atoms with Crippen LogP contribution in [0.2, 0.25) is 0 Å². The highest BCUT2D eigenvalue weighted by molar-refractivity contribution is 5.80.